The van der Waals surface area contributed by atoms with Gasteiger partial charge in [-0.3, -0.25) is 9.67 Å². The average Bonchev–Trinajstić information content (AvgIpc) is 3.36. The quantitative estimate of drug-likeness (QED) is 0.428. The van der Waals surface area contributed by atoms with Crippen LogP contribution in [0.15, 0.2) is 58.7 Å². The van der Waals surface area contributed by atoms with Crippen LogP contribution >= 0.6 is 11.8 Å². The van der Waals surface area contributed by atoms with E-state index in [2.05, 4.69) is 59.5 Å². The fourth-order valence-corrected chi connectivity index (χ4v) is 4.40. The second-order valence-corrected chi connectivity index (χ2v) is 8.35. The van der Waals surface area contributed by atoms with Crippen LogP contribution in [-0.2, 0) is 6.54 Å². The maximum Gasteiger partial charge on any atom is 0.193 e. The van der Waals surface area contributed by atoms with E-state index in [0.717, 1.165) is 44.6 Å². The van der Waals surface area contributed by atoms with Crippen LogP contribution in [0.4, 0.5) is 0 Å². The summed E-state index contributed by atoms with van der Waals surface area (Å²) in [5, 5.41) is 7.77. The molecular weight excluding hydrogens is 354 g/mol. The smallest absolute Gasteiger partial charge is 0.193 e. The second kappa shape index (κ2) is 10.4. The van der Waals surface area contributed by atoms with E-state index in [4.69, 9.17) is 4.99 Å². The molecule has 1 fully saturated rings. The molecule has 1 N–H and O–H groups in total. The number of nitrogens with zero attached hydrogens (tertiary/aromatic N) is 4. The zero-order valence-corrected chi connectivity index (χ0v) is 17.2. The summed E-state index contributed by atoms with van der Waals surface area (Å²) >= 11 is 1.97. The van der Waals surface area contributed by atoms with Gasteiger partial charge in [0.25, 0.3) is 0 Å². The minimum Gasteiger partial charge on any atom is -0.357 e. The zero-order valence-electron chi connectivity index (χ0n) is 16.4. The monoisotopic (exact) mass is 385 g/mol. The first-order valence-corrected chi connectivity index (χ1v) is 10.9. The van der Waals surface area contributed by atoms with Crippen LogP contribution in [0.25, 0.3) is 0 Å². The van der Waals surface area contributed by atoms with Crippen LogP contribution in [-0.4, -0.2) is 52.6 Å². The maximum atomic E-state index is 4.91. The van der Waals surface area contributed by atoms with Gasteiger partial charge in [-0.25, -0.2) is 0 Å². The van der Waals surface area contributed by atoms with Crippen molar-refractivity contribution in [3.8, 4) is 0 Å². The van der Waals surface area contributed by atoms with E-state index in [1.165, 1.54) is 17.1 Å². The molecule has 1 saturated heterocycles. The molecule has 1 aliphatic heterocycles. The van der Waals surface area contributed by atoms with Crippen molar-refractivity contribution < 1.29 is 0 Å². The molecule has 0 saturated carbocycles. The molecule has 2 unspecified atom stereocenters. The third-order valence-electron chi connectivity index (χ3n) is 4.76. The van der Waals surface area contributed by atoms with E-state index in [9.17, 15) is 0 Å². The maximum absolute atomic E-state index is 4.91. The number of thioether (sulfide) groups is 1. The Balaban J connectivity index is 1.49. The molecule has 2 aromatic rings. The first-order valence-electron chi connectivity index (χ1n) is 9.93. The predicted octanol–water partition coefficient (Wildman–Crippen LogP) is 3.60. The highest BCUT2D eigenvalue weighted by Crippen LogP contribution is 2.25. The van der Waals surface area contributed by atoms with Gasteiger partial charge in [-0.2, -0.15) is 5.10 Å². The number of likely N-dealkylation sites (tertiary alicyclic amines) is 1. The summed E-state index contributed by atoms with van der Waals surface area (Å²) in [5.74, 6) is 3.43. The molecule has 0 bridgehead atoms. The van der Waals surface area contributed by atoms with Gasteiger partial charge < -0.3 is 10.2 Å². The average molecular weight is 386 g/mol. The number of nitrogens with one attached hydrogen (secondary N) is 1. The van der Waals surface area contributed by atoms with Crippen molar-refractivity contribution in [1.29, 1.82) is 0 Å². The Morgan fingerprint density at radius 3 is 2.93 bits per heavy atom. The first kappa shape index (κ1) is 19.8. The van der Waals surface area contributed by atoms with Crippen molar-refractivity contribution in [2.75, 3.05) is 31.9 Å². The van der Waals surface area contributed by atoms with Crippen molar-refractivity contribution in [3.63, 3.8) is 0 Å². The summed E-state index contributed by atoms with van der Waals surface area (Å²) in [4.78, 5) is 8.71. The third-order valence-corrected chi connectivity index (χ3v) is 6.00. The fourth-order valence-electron chi connectivity index (χ4n) is 3.35. The highest BCUT2D eigenvalue weighted by molar-refractivity contribution is 7.99. The Hall–Kier alpha value is -1.95. The number of aliphatic imine (C=N–C) groups is 1. The van der Waals surface area contributed by atoms with Crippen LogP contribution in [0.1, 0.15) is 20.3 Å². The summed E-state index contributed by atoms with van der Waals surface area (Å²) in [5.41, 5.74) is 0. The molecule has 0 spiro atoms. The molecule has 3 rings (SSSR count). The molecule has 6 heteroatoms. The van der Waals surface area contributed by atoms with Crippen molar-refractivity contribution in [1.82, 2.24) is 20.0 Å². The third kappa shape index (κ3) is 6.31. The normalized spacial score (nSPS) is 18.7. The van der Waals surface area contributed by atoms with E-state index in [-0.39, 0.29) is 0 Å². The molecule has 2 atom stereocenters. The van der Waals surface area contributed by atoms with Crippen LogP contribution < -0.4 is 5.32 Å². The molecular formula is C21H31N5S. The lowest BCUT2D eigenvalue weighted by Gasteiger charge is -2.22. The van der Waals surface area contributed by atoms with Gasteiger partial charge in [-0.05, 0) is 43.4 Å². The van der Waals surface area contributed by atoms with Gasteiger partial charge in [-0.15, -0.1) is 11.8 Å². The highest BCUT2D eigenvalue weighted by Gasteiger charge is 2.25. The van der Waals surface area contributed by atoms with Gasteiger partial charge in [-0.1, -0.05) is 25.1 Å². The summed E-state index contributed by atoms with van der Waals surface area (Å²) in [7, 11) is 0. The van der Waals surface area contributed by atoms with Gasteiger partial charge in [0.15, 0.2) is 5.96 Å². The lowest BCUT2D eigenvalue weighted by molar-refractivity contribution is 0.444. The fraction of sp³-hybridized carbons (Fsp3) is 0.524. The first-order chi connectivity index (χ1) is 13.2. The van der Waals surface area contributed by atoms with E-state index in [0.29, 0.717) is 5.92 Å². The molecule has 5 nitrogen and oxygen atoms in total. The van der Waals surface area contributed by atoms with E-state index in [1.807, 2.05) is 34.9 Å². The zero-order chi connectivity index (χ0) is 18.9. The van der Waals surface area contributed by atoms with Gasteiger partial charge in [0.2, 0.25) is 0 Å². The largest absolute Gasteiger partial charge is 0.357 e. The Kier molecular flexibility index (Phi) is 7.63. The van der Waals surface area contributed by atoms with Crippen molar-refractivity contribution in [2.24, 2.45) is 16.8 Å². The van der Waals surface area contributed by atoms with Crippen molar-refractivity contribution >= 4 is 17.7 Å². The van der Waals surface area contributed by atoms with Crippen LogP contribution in [0.2, 0.25) is 0 Å². The van der Waals surface area contributed by atoms with Crippen LogP contribution in [0, 0.1) is 11.8 Å². The summed E-state index contributed by atoms with van der Waals surface area (Å²) in [6, 6.07) is 12.7. The number of hydrogen-bond acceptors (Lipinski definition) is 3. The topological polar surface area (TPSA) is 45.5 Å². The summed E-state index contributed by atoms with van der Waals surface area (Å²) in [6.45, 7) is 9.21. The molecule has 0 radical (unpaired) electrons. The van der Waals surface area contributed by atoms with E-state index < -0.39 is 0 Å². The standard InChI is InChI=1S/C21H31N5S/c1-3-22-21(23-14-18(2)15-26-12-7-11-24-26)25-13-10-19(16-25)17-27-20-8-5-4-6-9-20/h4-9,11-12,18-19H,3,10,13-17H2,1-2H3,(H,22,23). The van der Waals surface area contributed by atoms with Gasteiger partial charge in [0, 0.05) is 55.8 Å². The number of rotatable bonds is 8. The minimum atomic E-state index is 0.464. The lowest BCUT2D eigenvalue weighted by Crippen LogP contribution is -2.40. The molecule has 1 aliphatic rings. The van der Waals surface area contributed by atoms with Crippen molar-refractivity contribution in [3.05, 3.63) is 48.8 Å². The van der Waals surface area contributed by atoms with Crippen LogP contribution in [0.3, 0.4) is 0 Å². The molecule has 1 aromatic heterocycles. The molecule has 0 aliphatic carbocycles. The highest BCUT2D eigenvalue weighted by atomic mass is 32.2. The Bertz CT molecular complexity index is 686. The molecule has 146 valence electrons. The number of aromatic nitrogens is 2. The van der Waals surface area contributed by atoms with Gasteiger partial charge in [0.05, 0.1) is 0 Å². The molecule has 0 amide bonds. The lowest BCUT2D eigenvalue weighted by atomic mass is 10.2. The SMILES string of the molecule is CCNC(=NCC(C)Cn1cccn1)N1CCC(CSc2ccccc2)C1. The molecule has 27 heavy (non-hydrogen) atoms. The summed E-state index contributed by atoms with van der Waals surface area (Å²) < 4.78 is 1.99. The number of hydrogen-bond donors (Lipinski definition) is 1. The summed E-state index contributed by atoms with van der Waals surface area (Å²) in [6.07, 6.45) is 5.09. The number of guanidine groups is 1. The molecule has 2 heterocycles. The second-order valence-electron chi connectivity index (χ2n) is 7.25. The Morgan fingerprint density at radius 2 is 2.19 bits per heavy atom. The van der Waals surface area contributed by atoms with Gasteiger partial charge >= 0.3 is 0 Å². The van der Waals surface area contributed by atoms with Gasteiger partial charge in [0.1, 0.15) is 0 Å². The molecule has 1 aromatic carbocycles. The number of benzene rings is 1. The van der Waals surface area contributed by atoms with E-state index >= 15 is 0 Å². The van der Waals surface area contributed by atoms with Crippen molar-refractivity contribution in [2.45, 2.75) is 31.7 Å². The van der Waals surface area contributed by atoms with E-state index in [1.54, 1.807) is 0 Å². The van der Waals surface area contributed by atoms with Crippen LogP contribution in [0.5, 0.6) is 0 Å². The predicted molar refractivity (Wildman–Crippen MR) is 114 cm³/mol. The Morgan fingerprint density at radius 1 is 1.33 bits per heavy atom. The minimum absolute atomic E-state index is 0.464. The Labute approximate surface area is 167 Å².